The minimum Gasteiger partial charge on any atom is -0.326 e. The maximum Gasteiger partial charge on any atom is 0.257 e. The van der Waals surface area contributed by atoms with Crippen LogP contribution < -0.4 is 11.1 Å². The molecule has 0 bridgehead atoms. The fourth-order valence-electron chi connectivity index (χ4n) is 1.70. The number of rotatable bonds is 5. The summed E-state index contributed by atoms with van der Waals surface area (Å²) in [6.07, 6.45) is 2.00. The zero-order valence-electron chi connectivity index (χ0n) is 11.3. The van der Waals surface area contributed by atoms with Gasteiger partial charge in [-0.15, -0.1) is 23.7 Å². The SMILES string of the molecule is CCCc1csc(NC(=O)c2ccc(CN)cc2)n1.Cl. The van der Waals surface area contributed by atoms with E-state index < -0.39 is 0 Å². The van der Waals surface area contributed by atoms with Crippen molar-refractivity contribution >= 4 is 34.8 Å². The minimum atomic E-state index is -0.138. The first-order chi connectivity index (χ1) is 9.22. The zero-order chi connectivity index (χ0) is 13.7. The lowest BCUT2D eigenvalue weighted by Gasteiger charge is -2.02. The van der Waals surface area contributed by atoms with E-state index in [9.17, 15) is 4.79 Å². The van der Waals surface area contributed by atoms with Gasteiger partial charge in [-0.25, -0.2) is 4.98 Å². The average Bonchev–Trinajstić information content (AvgIpc) is 2.86. The van der Waals surface area contributed by atoms with Crippen LogP contribution in [0.4, 0.5) is 5.13 Å². The van der Waals surface area contributed by atoms with E-state index in [-0.39, 0.29) is 18.3 Å². The fourth-order valence-corrected chi connectivity index (χ4v) is 2.44. The number of benzene rings is 1. The van der Waals surface area contributed by atoms with Crippen LogP contribution in [-0.4, -0.2) is 10.9 Å². The number of aryl methyl sites for hydroxylation is 1. The topological polar surface area (TPSA) is 68.0 Å². The number of amides is 1. The maximum atomic E-state index is 12.0. The van der Waals surface area contributed by atoms with E-state index >= 15 is 0 Å². The molecule has 0 saturated carbocycles. The highest BCUT2D eigenvalue weighted by molar-refractivity contribution is 7.13. The van der Waals surface area contributed by atoms with E-state index in [2.05, 4.69) is 17.2 Å². The van der Waals surface area contributed by atoms with Gasteiger partial charge >= 0.3 is 0 Å². The van der Waals surface area contributed by atoms with Crippen molar-refractivity contribution in [2.75, 3.05) is 5.32 Å². The van der Waals surface area contributed by atoms with E-state index in [1.165, 1.54) is 11.3 Å². The van der Waals surface area contributed by atoms with Crippen molar-refractivity contribution in [2.45, 2.75) is 26.3 Å². The van der Waals surface area contributed by atoms with Crippen LogP contribution in [0.15, 0.2) is 29.6 Å². The van der Waals surface area contributed by atoms with Gasteiger partial charge < -0.3 is 5.73 Å². The summed E-state index contributed by atoms with van der Waals surface area (Å²) in [4.78, 5) is 16.4. The second-order valence-corrected chi connectivity index (χ2v) is 5.11. The normalized spacial score (nSPS) is 9.90. The summed E-state index contributed by atoms with van der Waals surface area (Å²) in [6.45, 7) is 2.59. The maximum absolute atomic E-state index is 12.0. The molecule has 0 fully saturated rings. The molecule has 0 aliphatic carbocycles. The molecule has 0 radical (unpaired) electrons. The molecule has 0 aliphatic rings. The van der Waals surface area contributed by atoms with Crippen molar-refractivity contribution in [2.24, 2.45) is 5.73 Å². The van der Waals surface area contributed by atoms with Crippen molar-refractivity contribution in [3.8, 4) is 0 Å². The molecule has 20 heavy (non-hydrogen) atoms. The monoisotopic (exact) mass is 311 g/mol. The number of nitrogens with two attached hydrogens (primary N) is 1. The van der Waals surface area contributed by atoms with Crippen LogP contribution in [0.1, 0.15) is 35.0 Å². The highest BCUT2D eigenvalue weighted by Gasteiger charge is 2.08. The van der Waals surface area contributed by atoms with Gasteiger partial charge in [-0.05, 0) is 24.1 Å². The fraction of sp³-hybridized carbons (Fsp3) is 0.286. The third-order valence-corrected chi connectivity index (χ3v) is 3.54. The van der Waals surface area contributed by atoms with Gasteiger partial charge in [-0.1, -0.05) is 25.5 Å². The van der Waals surface area contributed by atoms with E-state index in [0.717, 1.165) is 24.1 Å². The Morgan fingerprint density at radius 1 is 1.35 bits per heavy atom. The number of aromatic nitrogens is 1. The van der Waals surface area contributed by atoms with Gasteiger partial charge in [0.1, 0.15) is 0 Å². The summed E-state index contributed by atoms with van der Waals surface area (Å²) in [6, 6.07) is 7.27. The average molecular weight is 312 g/mol. The Balaban J connectivity index is 0.00000200. The largest absolute Gasteiger partial charge is 0.326 e. The van der Waals surface area contributed by atoms with Gasteiger partial charge in [0.2, 0.25) is 0 Å². The van der Waals surface area contributed by atoms with Gasteiger partial charge in [-0.2, -0.15) is 0 Å². The number of nitrogens with zero attached hydrogens (tertiary/aromatic N) is 1. The highest BCUT2D eigenvalue weighted by atomic mass is 35.5. The molecule has 1 heterocycles. The first-order valence-electron chi connectivity index (χ1n) is 6.27. The predicted molar refractivity (Wildman–Crippen MR) is 85.6 cm³/mol. The number of hydrogen-bond donors (Lipinski definition) is 2. The molecule has 2 rings (SSSR count). The summed E-state index contributed by atoms with van der Waals surface area (Å²) >= 11 is 1.46. The summed E-state index contributed by atoms with van der Waals surface area (Å²) < 4.78 is 0. The molecular weight excluding hydrogens is 294 g/mol. The zero-order valence-corrected chi connectivity index (χ0v) is 12.9. The van der Waals surface area contributed by atoms with Crippen LogP contribution in [0.3, 0.4) is 0 Å². The number of thiazole rings is 1. The van der Waals surface area contributed by atoms with Crippen molar-refractivity contribution < 1.29 is 4.79 Å². The number of nitrogens with one attached hydrogen (secondary N) is 1. The highest BCUT2D eigenvalue weighted by Crippen LogP contribution is 2.17. The summed E-state index contributed by atoms with van der Waals surface area (Å²) in [7, 11) is 0. The second kappa shape index (κ2) is 7.99. The van der Waals surface area contributed by atoms with Gasteiger partial charge in [0.05, 0.1) is 5.69 Å². The molecule has 0 unspecified atom stereocenters. The quantitative estimate of drug-likeness (QED) is 0.890. The number of hydrogen-bond acceptors (Lipinski definition) is 4. The third-order valence-electron chi connectivity index (χ3n) is 2.73. The lowest BCUT2D eigenvalue weighted by molar-refractivity contribution is 0.102. The smallest absolute Gasteiger partial charge is 0.257 e. The molecule has 0 spiro atoms. The van der Waals surface area contributed by atoms with Crippen LogP contribution in [0.5, 0.6) is 0 Å². The molecule has 1 aromatic heterocycles. The van der Waals surface area contributed by atoms with E-state index in [1.54, 1.807) is 12.1 Å². The first kappa shape index (κ1) is 16.6. The summed E-state index contributed by atoms with van der Waals surface area (Å²) in [5, 5.41) is 5.44. The standard InChI is InChI=1S/C14H17N3OS.ClH/c1-2-3-12-9-19-14(16-12)17-13(18)11-6-4-10(8-15)5-7-11;/h4-7,9H,2-3,8,15H2,1H3,(H,16,17,18);1H. The Hall–Kier alpha value is -1.43. The van der Waals surface area contributed by atoms with Gasteiger partial charge in [0.15, 0.2) is 5.13 Å². The molecule has 0 atom stereocenters. The van der Waals surface area contributed by atoms with Crippen LogP contribution in [0.2, 0.25) is 0 Å². The van der Waals surface area contributed by atoms with E-state index in [0.29, 0.717) is 17.2 Å². The Morgan fingerprint density at radius 3 is 2.65 bits per heavy atom. The second-order valence-electron chi connectivity index (χ2n) is 4.25. The summed E-state index contributed by atoms with van der Waals surface area (Å²) in [5.41, 5.74) is 8.18. The van der Waals surface area contributed by atoms with Gasteiger partial charge in [-0.3, -0.25) is 10.1 Å². The number of anilines is 1. The van der Waals surface area contributed by atoms with E-state index in [1.807, 2.05) is 17.5 Å². The molecular formula is C14H18ClN3OS. The molecule has 1 amide bonds. The van der Waals surface area contributed by atoms with E-state index in [4.69, 9.17) is 5.73 Å². The number of carbonyl (C=O) groups excluding carboxylic acids is 1. The Labute approximate surface area is 128 Å². The molecule has 4 nitrogen and oxygen atoms in total. The van der Waals surface area contributed by atoms with Gasteiger partial charge in [0, 0.05) is 17.5 Å². The molecule has 2 aromatic rings. The minimum absolute atomic E-state index is 0. The van der Waals surface area contributed by atoms with Crippen molar-refractivity contribution in [3.05, 3.63) is 46.5 Å². The summed E-state index contributed by atoms with van der Waals surface area (Å²) in [5.74, 6) is -0.138. The third kappa shape index (κ3) is 4.30. The van der Waals surface area contributed by atoms with Gasteiger partial charge in [0.25, 0.3) is 5.91 Å². The first-order valence-corrected chi connectivity index (χ1v) is 7.15. The Morgan fingerprint density at radius 2 is 2.05 bits per heavy atom. The number of carbonyl (C=O) groups is 1. The van der Waals surface area contributed by atoms with Crippen molar-refractivity contribution in [1.82, 2.24) is 4.98 Å². The van der Waals surface area contributed by atoms with Crippen molar-refractivity contribution in [1.29, 1.82) is 0 Å². The molecule has 1 aromatic carbocycles. The van der Waals surface area contributed by atoms with Crippen LogP contribution in [-0.2, 0) is 13.0 Å². The lowest BCUT2D eigenvalue weighted by atomic mass is 10.1. The van der Waals surface area contributed by atoms with Crippen LogP contribution >= 0.6 is 23.7 Å². The Kier molecular flexibility index (Phi) is 6.64. The molecule has 3 N–H and O–H groups in total. The molecule has 0 aliphatic heterocycles. The number of halogens is 1. The van der Waals surface area contributed by atoms with Crippen LogP contribution in [0.25, 0.3) is 0 Å². The molecule has 0 saturated heterocycles. The Bertz CT molecular complexity index is 554. The lowest BCUT2D eigenvalue weighted by Crippen LogP contribution is -2.12. The van der Waals surface area contributed by atoms with Crippen LogP contribution in [0, 0.1) is 0 Å². The molecule has 108 valence electrons. The predicted octanol–water partition coefficient (Wildman–Crippen LogP) is 3.23. The molecule has 6 heteroatoms. The van der Waals surface area contributed by atoms with Crippen molar-refractivity contribution in [3.63, 3.8) is 0 Å².